The molecule has 0 saturated carbocycles. The van der Waals surface area contributed by atoms with Crippen molar-refractivity contribution in [1.82, 2.24) is 0 Å². The van der Waals surface area contributed by atoms with Gasteiger partial charge in [0.05, 0.1) is 20.6 Å². The van der Waals surface area contributed by atoms with Crippen LogP contribution < -0.4 is 14.8 Å². The fourth-order valence-electron chi connectivity index (χ4n) is 4.43. The molecule has 0 atom stereocenters. The maximum absolute atomic E-state index is 14.2. The maximum atomic E-state index is 14.2. The van der Waals surface area contributed by atoms with E-state index < -0.39 is 0 Å². The number of ether oxygens (including phenoxy) is 2. The Morgan fingerprint density at radius 2 is 1.71 bits per heavy atom. The molecule has 6 heteroatoms. The minimum absolute atomic E-state index is 0.0499. The molecule has 0 unspecified atom stereocenters. The van der Waals surface area contributed by atoms with E-state index in [0.29, 0.717) is 17.9 Å². The Balaban J connectivity index is 1.65. The van der Waals surface area contributed by atoms with E-state index in [1.54, 1.807) is 18.2 Å². The predicted octanol–water partition coefficient (Wildman–Crippen LogP) is 6.30. The van der Waals surface area contributed by atoms with Gasteiger partial charge >= 0.3 is 0 Å². The van der Waals surface area contributed by atoms with Crippen LogP contribution in [0.15, 0.2) is 66.2 Å². The van der Waals surface area contributed by atoms with E-state index in [4.69, 9.17) is 9.47 Å². The summed E-state index contributed by atoms with van der Waals surface area (Å²) >= 11 is 0. The first kappa shape index (κ1) is 24.1. The molecule has 35 heavy (non-hydrogen) atoms. The van der Waals surface area contributed by atoms with Gasteiger partial charge < -0.3 is 19.9 Å². The lowest BCUT2D eigenvalue weighted by Gasteiger charge is -2.11. The highest BCUT2D eigenvalue weighted by Gasteiger charge is 2.26. The van der Waals surface area contributed by atoms with Crippen LogP contribution in [-0.4, -0.2) is 25.2 Å². The standard InChI is InChI=1S/C29H28FNO4/c1-17-6-5-7-21(12-17)31-28(32)16-24-18(2)22(23-11-9-20(30)15-25(23)24)10-8-19-13-26(34-3)29(33)27(14-19)35-4/h5-7,9-15,33H,8,16H2,1-4H3,(H,31,32)/b22-10-. The van der Waals surface area contributed by atoms with E-state index >= 15 is 0 Å². The Bertz CT molecular complexity index is 1330. The number of phenols is 1. The highest BCUT2D eigenvalue weighted by molar-refractivity contribution is 6.06. The molecule has 2 N–H and O–H groups in total. The van der Waals surface area contributed by atoms with Crippen LogP contribution in [0.4, 0.5) is 10.1 Å². The summed E-state index contributed by atoms with van der Waals surface area (Å²) in [6.45, 7) is 3.92. The molecule has 3 aromatic carbocycles. The molecule has 0 bridgehead atoms. The van der Waals surface area contributed by atoms with E-state index in [9.17, 15) is 14.3 Å². The van der Waals surface area contributed by atoms with Gasteiger partial charge in [0.15, 0.2) is 11.5 Å². The predicted molar refractivity (Wildman–Crippen MR) is 136 cm³/mol. The Hall–Kier alpha value is -4.06. The lowest BCUT2D eigenvalue weighted by Crippen LogP contribution is -2.12. The van der Waals surface area contributed by atoms with Gasteiger partial charge in [-0.3, -0.25) is 4.79 Å². The summed E-state index contributed by atoms with van der Waals surface area (Å²) in [5.41, 5.74) is 6.97. The number of anilines is 1. The number of hydrogen-bond acceptors (Lipinski definition) is 4. The first-order valence-corrected chi connectivity index (χ1v) is 11.3. The van der Waals surface area contributed by atoms with Gasteiger partial charge in [0.2, 0.25) is 11.7 Å². The molecule has 5 nitrogen and oxygen atoms in total. The second kappa shape index (κ2) is 10.1. The summed E-state index contributed by atoms with van der Waals surface area (Å²) in [7, 11) is 2.97. The van der Waals surface area contributed by atoms with Gasteiger partial charge in [-0.25, -0.2) is 4.39 Å². The van der Waals surface area contributed by atoms with Crippen LogP contribution in [0.5, 0.6) is 17.2 Å². The number of hydrogen-bond donors (Lipinski definition) is 2. The van der Waals surface area contributed by atoms with Crippen molar-refractivity contribution in [3.05, 3.63) is 94.3 Å². The first-order valence-electron chi connectivity index (χ1n) is 11.3. The number of amides is 1. The molecule has 0 spiro atoms. The molecule has 180 valence electrons. The summed E-state index contributed by atoms with van der Waals surface area (Å²) in [5, 5.41) is 13.1. The summed E-state index contributed by atoms with van der Waals surface area (Å²) in [6.07, 6.45) is 2.70. The fraction of sp³-hybridized carbons (Fsp3) is 0.207. The summed E-state index contributed by atoms with van der Waals surface area (Å²) in [5.74, 6) is 0.0997. The van der Waals surface area contributed by atoms with Crippen molar-refractivity contribution >= 4 is 22.7 Å². The molecule has 0 aliphatic heterocycles. The monoisotopic (exact) mass is 473 g/mol. The largest absolute Gasteiger partial charge is 0.502 e. The average molecular weight is 474 g/mol. The molecular formula is C29H28FNO4. The molecule has 1 amide bonds. The number of carbonyl (C=O) groups excluding carboxylic acids is 1. The van der Waals surface area contributed by atoms with Crippen LogP contribution in [0.3, 0.4) is 0 Å². The first-order chi connectivity index (χ1) is 16.8. The van der Waals surface area contributed by atoms with Gasteiger partial charge in [0, 0.05) is 5.69 Å². The van der Waals surface area contributed by atoms with Crippen molar-refractivity contribution in [3.63, 3.8) is 0 Å². The molecule has 0 aromatic heterocycles. The highest BCUT2D eigenvalue weighted by Crippen LogP contribution is 2.44. The number of fused-ring (bicyclic) bond motifs is 1. The SMILES string of the molecule is COc1cc(C/C=C2/C(C)=C(CC(=O)Nc3cccc(C)c3)c3cc(F)ccc32)cc(OC)c1O. The maximum Gasteiger partial charge on any atom is 0.228 e. The lowest BCUT2D eigenvalue weighted by molar-refractivity contribution is -0.115. The van der Waals surface area contributed by atoms with Crippen LogP contribution in [0, 0.1) is 12.7 Å². The number of aryl methyl sites for hydroxylation is 1. The number of halogens is 1. The third kappa shape index (κ3) is 5.06. The van der Waals surface area contributed by atoms with Crippen LogP contribution in [0.2, 0.25) is 0 Å². The molecule has 3 aromatic rings. The second-order valence-corrected chi connectivity index (χ2v) is 8.56. The van der Waals surface area contributed by atoms with Gasteiger partial charge in [0.1, 0.15) is 5.82 Å². The number of methoxy groups -OCH3 is 2. The van der Waals surface area contributed by atoms with Gasteiger partial charge in [-0.15, -0.1) is 0 Å². The van der Waals surface area contributed by atoms with Crippen LogP contribution in [0.25, 0.3) is 11.1 Å². The molecule has 0 fully saturated rings. The second-order valence-electron chi connectivity index (χ2n) is 8.56. The quantitative estimate of drug-likeness (QED) is 0.423. The molecule has 0 saturated heterocycles. The normalized spacial score (nSPS) is 13.7. The number of aromatic hydroxyl groups is 1. The number of allylic oxidation sites excluding steroid dienone is 3. The number of rotatable bonds is 7. The minimum Gasteiger partial charge on any atom is -0.502 e. The van der Waals surface area contributed by atoms with E-state index in [1.165, 1.54) is 26.4 Å². The zero-order chi connectivity index (χ0) is 25.1. The fourth-order valence-corrected chi connectivity index (χ4v) is 4.43. The van der Waals surface area contributed by atoms with E-state index in [0.717, 1.165) is 44.7 Å². The molecule has 0 radical (unpaired) electrons. The Labute approximate surface area is 204 Å². The molecule has 1 aliphatic rings. The lowest BCUT2D eigenvalue weighted by atomic mass is 10.00. The number of phenolic OH excluding ortho intramolecular Hbond substituents is 1. The van der Waals surface area contributed by atoms with Crippen molar-refractivity contribution in [1.29, 1.82) is 0 Å². The topological polar surface area (TPSA) is 67.8 Å². The van der Waals surface area contributed by atoms with Crippen molar-refractivity contribution in [2.75, 3.05) is 19.5 Å². The van der Waals surface area contributed by atoms with Crippen LogP contribution in [-0.2, 0) is 11.2 Å². The Morgan fingerprint density at radius 1 is 1.00 bits per heavy atom. The van der Waals surface area contributed by atoms with E-state index in [1.807, 2.05) is 44.2 Å². The number of benzene rings is 3. The van der Waals surface area contributed by atoms with Crippen molar-refractivity contribution in [2.45, 2.75) is 26.7 Å². The molecular weight excluding hydrogens is 445 g/mol. The number of carbonyl (C=O) groups is 1. The van der Waals surface area contributed by atoms with Crippen molar-refractivity contribution in [2.24, 2.45) is 0 Å². The van der Waals surface area contributed by atoms with E-state index in [2.05, 4.69) is 5.32 Å². The highest BCUT2D eigenvalue weighted by atomic mass is 19.1. The minimum atomic E-state index is -0.345. The summed E-state index contributed by atoms with van der Waals surface area (Å²) in [4.78, 5) is 12.9. The number of nitrogens with one attached hydrogen (secondary N) is 1. The van der Waals surface area contributed by atoms with Gasteiger partial charge in [-0.1, -0.05) is 24.3 Å². The Morgan fingerprint density at radius 3 is 2.37 bits per heavy atom. The van der Waals surface area contributed by atoms with Crippen molar-refractivity contribution < 1.29 is 23.8 Å². The van der Waals surface area contributed by atoms with Gasteiger partial charge in [0.25, 0.3) is 0 Å². The Kier molecular flexibility index (Phi) is 6.92. The van der Waals surface area contributed by atoms with Crippen LogP contribution >= 0.6 is 0 Å². The molecule has 0 heterocycles. The van der Waals surface area contributed by atoms with E-state index in [-0.39, 0.29) is 23.9 Å². The average Bonchev–Trinajstić information content (AvgIpc) is 3.08. The summed E-state index contributed by atoms with van der Waals surface area (Å²) < 4.78 is 24.7. The van der Waals surface area contributed by atoms with Crippen molar-refractivity contribution in [3.8, 4) is 17.2 Å². The third-order valence-corrected chi connectivity index (χ3v) is 6.17. The van der Waals surface area contributed by atoms with Crippen LogP contribution in [0.1, 0.15) is 35.6 Å². The molecule has 4 rings (SSSR count). The third-order valence-electron chi connectivity index (χ3n) is 6.17. The smallest absolute Gasteiger partial charge is 0.228 e. The zero-order valence-corrected chi connectivity index (χ0v) is 20.2. The molecule has 1 aliphatic carbocycles. The van der Waals surface area contributed by atoms with Gasteiger partial charge in [-0.2, -0.15) is 0 Å². The zero-order valence-electron chi connectivity index (χ0n) is 20.2. The summed E-state index contributed by atoms with van der Waals surface area (Å²) in [6, 6.07) is 15.8. The van der Waals surface area contributed by atoms with Gasteiger partial charge in [-0.05, 0) is 95.6 Å².